The van der Waals surface area contributed by atoms with Gasteiger partial charge in [-0.3, -0.25) is 0 Å². The maximum absolute atomic E-state index is 10.5. The summed E-state index contributed by atoms with van der Waals surface area (Å²) < 4.78 is 5.20. The van der Waals surface area contributed by atoms with Crippen LogP contribution in [0.1, 0.15) is 18.4 Å². The van der Waals surface area contributed by atoms with Crippen LogP contribution in [0.15, 0.2) is 35.7 Å². The third-order valence-electron chi connectivity index (χ3n) is 2.95. The fourth-order valence-corrected chi connectivity index (χ4v) is 3.09. The monoisotopic (exact) mass is 236 g/mol. The number of fused-ring (bicyclic) bond motifs is 1. The second-order valence-electron chi connectivity index (χ2n) is 3.94. The molecule has 0 aromatic heterocycles. The average molecular weight is 236 g/mol. The molecule has 0 aliphatic carbocycles. The van der Waals surface area contributed by atoms with E-state index in [0.717, 1.165) is 34.8 Å². The SMILES string of the molecule is C=C[C@]1(O)CCCSc2cc(OC)ccc21. The molecule has 1 aromatic carbocycles. The second-order valence-corrected chi connectivity index (χ2v) is 5.08. The molecule has 0 fully saturated rings. The van der Waals surface area contributed by atoms with Crippen LogP contribution in [0.2, 0.25) is 0 Å². The zero-order chi connectivity index (χ0) is 11.6. The Hall–Kier alpha value is -0.930. The molecule has 2 nitrogen and oxygen atoms in total. The lowest BCUT2D eigenvalue weighted by molar-refractivity contribution is 0.0776. The quantitative estimate of drug-likeness (QED) is 0.801. The Balaban J connectivity index is 2.50. The molecule has 0 amide bonds. The summed E-state index contributed by atoms with van der Waals surface area (Å²) in [5, 5.41) is 10.5. The Morgan fingerprint density at radius 2 is 2.38 bits per heavy atom. The minimum absolute atomic E-state index is 0.739. The van der Waals surface area contributed by atoms with Gasteiger partial charge in [-0.25, -0.2) is 0 Å². The summed E-state index contributed by atoms with van der Waals surface area (Å²) in [4.78, 5) is 1.10. The van der Waals surface area contributed by atoms with Gasteiger partial charge in [-0.05, 0) is 30.7 Å². The van der Waals surface area contributed by atoms with Gasteiger partial charge in [0.25, 0.3) is 0 Å². The van der Waals surface area contributed by atoms with E-state index in [9.17, 15) is 5.11 Å². The molecule has 3 heteroatoms. The predicted molar refractivity (Wildman–Crippen MR) is 67.0 cm³/mol. The highest BCUT2D eigenvalue weighted by Gasteiger charge is 2.30. The van der Waals surface area contributed by atoms with Crippen molar-refractivity contribution in [2.24, 2.45) is 0 Å². The van der Waals surface area contributed by atoms with Crippen molar-refractivity contribution in [2.75, 3.05) is 12.9 Å². The van der Waals surface area contributed by atoms with Crippen LogP contribution in [0.5, 0.6) is 5.75 Å². The second kappa shape index (κ2) is 4.52. The Bertz CT molecular complexity index is 403. The number of aliphatic hydroxyl groups is 1. The summed E-state index contributed by atoms with van der Waals surface area (Å²) in [5.41, 5.74) is 0.0660. The number of benzene rings is 1. The van der Waals surface area contributed by atoms with Crippen LogP contribution in [0.3, 0.4) is 0 Å². The van der Waals surface area contributed by atoms with Gasteiger partial charge in [0.05, 0.1) is 7.11 Å². The molecule has 86 valence electrons. The largest absolute Gasteiger partial charge is 0.497 e. The topological polar surface area (TPSA) is 29.5 Å². The fraction of sp³-hybridized carbons (Fsp3) is 0.385. The van der Waals surface area contributed by atoms with Gasteiger partial charge in [0.2, 0.25) is 0 Å². The molecule has 0 saturated heterocycles. The van der Waals surface area contributed by atoms with E-state index in [1.807, 2.05) is 18.2 Å². The smallest absolute Gasteiger partial charge is 0.120 e. The van der Waals surface area contributed by atoms with Crippen LogP contribution in [-0.2, 0) is 5.60 Å². The van der Waals surface area contributed by atoms with Crippen LogP contribution in [0, 0.1) is 0 Å². The molecule has 1 heterocycles. The number of hydrogen-bond acceptors (Lipinski definition) is 3. The van der Waals surface area contributed by atoms with E-state index in [2.05, 4.69) is 6.58 Å². The molecule has 1 aliphatic heterocycles. The summed E-state index contributed by atoms with van der Waals surface area (Å²) in [6, 6.07) is 5.81. The summed E-state index contributed by atoms with van der Waals surface area (Å²) in [7, 11) is 1.66. The fourth-order valence-electron chi connectivity index (χ4n) is 1.98. The van der Waals surface area contributed by atoms with Crippen LogP contribution in [0.4, 0.5) is 0 Å². The van der Waals surface area contributed by atoms with Crippen LogP contribution in [-0.4, -0.2) is 18.0 Å². The van der Waals surface area contributed by atoms with Crippen molar-refractivity contribution in [3.63, 3.8) is 0 Å². The van der Waals surface area contributed by atoms with Gasteiger partial charge in [-0.1, -0.05) is 18.7 Å². The van der Waals surface area contributed by atoms with Gasteiger partial charge < -0.3 is 9.84 Å². The first-order valence-electron chi connectivity index (χ1n) is 5.37. The summed E-state index contributed by atoms with van der Waals surface area (Å²) in [5.74, 6) is 1.86. The molecule has 0 radical (unpaired) electrons. The zero-order valence-corrected chi connectivity index (χ0v) is 10.2. The molecule has 0 saturated carbocycles. The Morgan fingerprint density at radius 1 is 1.56 bits per heavy atom. The van der Waals surface area contributed by atoms with Crippen LogP contribution < -0.4 is 4.74 Å². The van der Waals surface area contributed by atoms with Gasteiger partial charge in [0.15, 0.2) is 0 Å². The number of ether oxygens (including phenoxy) is 1. The Kier molecular flexibility index (Phi) is 3.26. The highest BCUT2D eigenvalue weighted by Crippen LogP contribution is 2.40. The van der Waals surface area contributed by atoms with E-state index in [0.29, 0.717) is 0 Å². The molecule has 1 aliphatic rings. The molecule has 2 rings (SSSR count). The molecule has 1 aromatic rings. The number of rotatable bonds is 2. The van der Waals surface area contributed by atoms with Crippen molar-refractivity contribution in [3.8, 4) is 5.75 Å². The molecular weight excluding hydrogens is 220 g/mol. The van der Waals surface area contributed by atoms with Crippen molar-refractivity contribution in [1.82, 2.24) is 0 Å². The van der Waals surface area contributed by atoms with Crippen LogP contribution in [0.25, 0.3) is 0 Å². The lowest BCUT2D eigenvalue weighted by atomic mass is 9.89. The summed E-state index contributed by atoms with van der Waals surface area (Å²) >= 11 is 1.77. The third kappa shape index (κ3) is 1.97. The van der Waals surface area contributed by atoms with Crippen LogP contribution >= 0.6 is 11.8 Å². The van der Waals surface area contributed by atoms with E-state index in [-0.39, 0.29) is 0 Å². The highest BCUT2D eigenvalue weighted by molar-refractivity contribution is 7.99. The van der Waals surface area contributed by atoms with Crippen molar-refractivity contribution in [1.29, 1.82) is 0 Å². The van der Waals surface area contributed by atoms with E-state index < -0.39 is 5.60 Å². The number of hydrogen-bond donors (Lipinski definition) is 1. The Labute approximate surface area is 100 Å². The summed E-state index contributed by atoms with van der Waals surface area (Å²) in [6.07, 6.45) is 3.37. The average Bonchev–Trinajstić information content (AvgIpc) is 2.49. The molecule has 1 atom stereocenters. The summed E-state index contributed by atoms with van der Waals surface area (Å²) in [6.45, 7) is 3.75. The first-order valence-corrected chi connectivity index (χ1v) is 6.35. The minimum atomic E-state index is -0.884. The standard InChI is InChI=1S/C13H16O2S/c1-3-13(14)7-4-8-16-12-9-10(15-2)5-6-11(12)13/h3,5-6,9,14H,1,4,7-8H2,2H3/t13-/m0/s1. The predicted octanol–water partition coefficient (Wildman–Crippen LogP) is 2.95. The maximum Gasteiger partial charge on any atom is 0.120 e. The van der Waals surface area contributed by atoms with Gasteiger partial charge in [-0.2, -0.15) is 0 Å². The van der Waals surface area contributed by atoms with Gasteiger partial charge in [-0.15, -0.1) is 11.8 Å². The molecule has 0 spiro atoms. The number of thioether (sulfide) groups is 1. The van der Waals surface area contributed by atoms with E-state index in [1.165, 1.54) is 0 Å². The first-order chi connectivity index (χ1) is 7.69. The van der Waals surface area contributed by atoms with Gasteiger partial charge in [0.1, 0.15) is 11.4 Å². The van der Waals surface area contributed by atoms with Gasteiger partial charge >= 0.3 is 0 Å². The van der Waals surface area contributed by atoms with E-state index in [4.69, 9.17) is 4.74 Å². The number of methoxy groups -OCH3 is 1. The van der Waals surface area contributed by atoms with Crippen molar-refractivity contribution in [2.45, 2.75) is 23.3 Å². The molecular formula is C13H16O2S. The van der Waals surface area contributed by atoms with Gasteiger partial charge in [0, 0.05) is 10.5 Å². The van der Waals surface area contributed by atoms with Crippen molar-refractivity contribution in [3.05, 3.63) is 36.4 Å². The molecule has 0 unspecified atom stereocenters. The first kappa shape index (κ1) is 11.6. The molecule has 1 N–H and O–H groups in total. The molecule has 16 heavy (non-hydrogen) atoms. The van der Waals surface area contributed by atoms with Crippen molar-refractivity contribution < 1.29 is 9.84 Å². The van der Waals surface area contributed by atoms with E-state index >= 15 is 0 Å². The normalized spacial score (nSPS) is 24.4. The highest BCUT2D eigenvalue weighted by atomic mass is 32.2. The maximum atomic E-state index is 10.5. The lowest BCUT2D eigenvalue weighted by Gasteiger charge is -2.24. The third-order valence-corrected chi connectivity index (χ3v) is 4.09. The molecule has 0 bridgehead atoms. The van der Waals surface area contributed by atoms with Crippen molar-refractivity contribution >= 4 is 11.8 Å². The zero-order valence-electron chi connectivity index (χ0n) is 9.40. The lowest BCUT2D eigenvalue weighted by Crippen LogP contribution is -2.22. The Morgan fingerprint density at radius 3 is 3.06 bits per heavy atom. The van der Waals surface area contributed by atoms with E-state index in [1.54, 1.807) is 24.9 Å². The minimum Gasteiger partial charge on any atom is -0.497 e.